The van der Waals surface area contributed by atoms with Crippen LogP contribution in [-0.4, -0.2) is 26.2 Å². The number of hydrogen-bond acceptors (Lipinski definition) is 3. The first-order valence-corrected chi connectivity index (χ1v) is 10.8. The summed E-state index contributed by atoms with van der Waals surface area (Å²) in [4.78, 5) is 0. The SMILES string of the molecule is CCCCCCCOc1c(OC)cc(OCCCCCCl)c2ccccc12. The predicted molar refractivity (Wildman–Crippen MR) is 115 cm³/mol. The minimum atomic E-state index is 0.682. The first kappa shape index (κ1) is 21.7. The maximum Gasteiger partial charge on any atom is 0.169 e. The summed E-state index contributed by atoms with van der Waals surface area (Å²) in [7, 11) is 1.68. The molecule has 0 heterocycles. The van der Waals surface area contributed by atoms with Crippen LogP contribution in [0.5, 0.6) is 17.2 Å². The van der Waals surface area contributed by atoms with E-state index in [1.54, 1.807) is 7.11 Å². The van der Waals surface area contributed by atoms with Crippen molar-refractivity contribution < 1.29 is 14.2 Å². The molecule has 4 heteroatoms. The fraction of sp³-hybridized carbons (Fsp3) is 0.565. The first-order valence-electron chi connectivity index (χ1n) is 10.2. The van der Waals surface area contributed by atoms with E-state index in [-0.39, 0.29) is 0 Å². The zero-order valence-corrected chi connectivity index (χ0v) is 17.5. The van der Waals surface area contributed by atoms with Gasteiger partial charge in [-0.25, -0.2) is 0 Å². The van der Waals surface area contributed by atoms with E-state index < -0.39 is 0 Å². The predicted octanol–water partition coefficient (Wildman–Crippen LogP) is 6.99. The molecule has 0 bridgehead atoms. The molecule has 0 fully saturated rings. The van der Waals surface area contributed by atoms with Crippen LogP contribution >= 0.6 is 11.6 Å². The van der Waals surface area contributed by atoms with Crippen LogP contribution in [0, 0.1) is 0 Å². The van der Waals surface area contributed by atoms with E-state index in [9.17, 15) is 0 Å². The van der Waals surface area contributed by atoms with Crippen molar-refractivity contribution in [2.24, 2.45) is 0 Å². The molecular weight excluding hydrogens is 360 g/mol. The molecule has 27 heavy (non-hydrogen) atoms. The minimum absolute atomic E-state index is 0.682. The number of ether oxygens (including phenoxy) is 3. The molecule has 0 aliphatic heterocycles. The van der Waals surface area contributed by atoms with Crippen LogP contribution in [0.2, 0.25) is 0 Å². The molecule has 0 saturated heterocycles. The number of fused-ring (bicyclic) bond motifs is 1. The van der Waals surface area contributed by atoms with Gasteiger partial charge in [-0.3, -0.25) is 0 Å². The third-order valence-electron chi connectivity index (χ3n) is 4.67. The van der Waals surface area contributed by atoms with E-state index >= 15 is 0 Å². The van der Waals surface area contributed by atoms with Gasteiger partial charge in [0.15, 0.2) is 11.5 Å². The van der Waals surface area contributed by atoms with Gasteiger partial charge in [-0.1, -0.05) is 56.9 Å². The molecule has 0 amide bonds. The highest BCUT2D eigenvalue weighted by molar-refractivity contribution is 6.17. The highest BCUT2D eigenvalue weighted by atomic mass is 35.5. The van der Waals surface area contributed by atoms with Gasteiger partial charge in [0.1, 0.15) is 5.75 Å². The van der Waals surface area contributed by atoms with Crippen molar-refractivity contribution in [1.82, 2.24) is 0 Å². The van der Waals surface area contributed by atoms with Crippen LogP contribution in [0.15, 0.2) is 30.3 Å². The number of alkyl halides is 1. The third-order valence-corrected chi connectivity index (χ3v) is 4.94. The van der Waals surface area contributed by atoms with Gasteiger partial charge in [-0.2, -0.15) is 0 Å². The summed E-state index contributed by atoms with van der Waals surface area (Å²) in [5.74, 6) is 3.11. The molecule has 2 aromatic carbocycles. The van der Waals surface area contributed by atoms with E-state index in [1.807, 2.05) is 18.2 Å². The van der Waals surface area contributed by atoms with E-state index in [4.69, 9.17) is 25.8 Å². The minimum Gasteiger partial charge on any atom is -0.493 e. The summed E-state index contributed by atoms with van der Waals surface area (Å²) >= 11 is 5.74. The Morgan fingerprint density at radius 2 is 1.44 bits per heavy atom. The van der Waals surface area contributed by atoms with E-state index in [0.29, 0.717) is 19.1 Å². The van der Waals surface area contributed by atoms with Gasteiger partial charge < -0.3 is 14.2 Å². The smallest absolute Gasteiger partial charge is 0.169 e. The molecule has 3 nitrogen and oxygen atoms in total. The lowest BCUT2D eigenvalue weighted by atomic mass is 10.1. The molecule has 0 atom stereocenters. The lowest BCUT2D eigenvalue weighted by molar-refractivity contribution is 0.283. The van der Waals surface area contributed by atoms with Crippen molar-refractivity contribution in [2.75, 3.05) is 26.2 Å². The number of unbranched alkanes of at least 4 members (excludes halogenated alkanes) is 6. The molecule has 2 rings (SSSR count). The Bertz CT molecular complexity index is 672. The molecule has 0 aliphatic carbocycles. The molecule has 0 aromatic heterocycles. The summed E-state index contributed by atoms with van der Waals surface area (Å²) in [6, 6.07) is 10.2. The van der Waals surface area contributed by atoms with Crippen molar-refractivity contribution in [2.45, 2.75) is 58.3 Å². The Balaban J connectivity index is 2.09. The Labute approximate surface area is 169 Å². The van der Waals surface area contributed by atoms with Crippen molar-refractivity contribution in [1.29, 1.82) is 0 Å². The maximum absolute atomic E-state index is 6.14. The molecular formula is C23H33ClO3. The second kappa shape index (κ2) is 12.7. The van der Waals surface area contributed by atoms with E-state index in [1.165, 1.54) is 25.7 Å². The molecule has 0 unspecified atom stereocenters. The summed E-state index contributed by atoms with van der Waals surface area (Å²) in [5.41, 5.74) is 0. The van der Waals surface area contributed by atoms with Gasteiger partial charge in [0.2, 0.25) is 0 Å². The average Bonchev–Trinajstić information content (AvgIpc) is 2.71. The lowest BCUT2D eigenvalue weighted by Crippen LogP contribution is -2.03. The Hall–Kier alpha value is -1.61. The van der Waals surface area contributed by atoms with Crippen LogP contribution in [0.4, 0.5) is 0 Å². The Morgan fingerprint density at radius 3 is 2.15 bits per heavy atom. The standard InChI is InChI=1S/C23H33ClO3/c1-3-4-5-6-11-17-27-23-20-14-9-8-13-19(20)21(18-22(23)25-2)26-16-12-7-10-15-24/h8-9,13-14,18H,3-7,10-12,15-17H2,1-2H3. The van der Waals surface area contributed by atoms with E-state index in [2.05, 4.69) is 19.1 Å². The number of hydrogen-bond donors (Lipinski definition) is 0. The van der Waals surface area contributed by atoms with Crippen LogP contribution in [-0.2, 0) is 0 Å². The fourth-order valence-electron chi connectivity index (χ4n) is 3.15. The molecule has 0 N–H and O–H groups in total. The lowest BCUT2D eigenvalue weighted by Gasteiger charge is -2.17. The monoisotopic (exact) mass is 392 g/mol. The second-order valence-electron chi connectivity index (χ2n) is 6.81. The number of rotatable bonds is 14. The fourth-order valence-corrected chi connectivity index (χ4v) is 3.34. The van der Waals surface area contributed by atoms with Crippen LogP contribution in [0.25, 0.3) is 10.8 Å². The molecule has 0 radical (unpaired) electrons. The number of benzene rings is 2. The van der Waals surface area contributed by atoms with Crippen LogP contribution in [0.3, 0.4) is 0 Å². The highest BCUT2D eigenvalue weighted by Gasteiger charge is 2.15. The molecule has 2 aromatic rings. The van der Waals surface area contributed by atoms with Gasteiger partial charge in [0.25, 0.3) is 0 Å². The quantitative estimate of drug-likeness (QED) is 0.256. The average molecular weight is 393 g/mol. The van der Waals surface area contributed by atoms with Crippen molar-refractivity contribution in [3.05, 3.63) is 30.3 Å². The topological polar surface area (TPSA) is 27.7 Å². The highest BCUT2D eigenvalue weighted by Crippen LogP contribution is 2.41. The summed E-state index contributed by atoms with van der Waals surface area (Å²) < 4.78 is 17.8. The molecule has 150 valence electrons. The molecule has 0 spiro atoms. The number of halogens is 1. The zero-order chi connectivity index (χ0) is 19.3. The van der Waals surface area contributed by atoms with E-state index in [0.717, 1.165) is 53.7 Å². The normalized spacial score (nSPS) is 10.9. The number of methoxy groups -OCH3 is 1. The summed E-state index contributed by atoms with van der Waals surface area (Å²) in [6.45, 7) is 3.62. The van der Waals surface area contributed by atoms with Crippen molar-refractivity contribution in [3.63, 3.8) is 0 Å². The maximum atomic E-state index is 6.14. The zero-order valence-electron chi connectivity index (χ0n) is 16.8. The third kappa shape index (κ3) is 6.80. The Morgan fingerprint density at radius 1 is 0.778 bits per heavy atom. The largest absolute Gasteiger partial charge is 0.493 e. The summed E-state index contributed by atoms with van der Waals surface area (Å²) in [5, 5.41) is 2.11. The van der Waals surface area contributed by atoms with Crippen molar-refractivity contribution >= 4 is 22.4 Å². The van der Waals surface area contributed by atoms with Crippen molar-refractivity contribution in [3.8, 4) is 17.2 Å². The van der Waals surface area contributed by atoms with Gasteiger partial charge in [-0.05, 0) is 25.7 Å². The summed E-state index contributed by atoms with van der Waals surface area (Å²) in [6.07, 6.45) is 9.20. The molecule has 0 saturated carbocycles. The molecule has 0 aliphatic rings. The van der Waals surface area contributed by atoms with Gasteiger partial charge in [-0.15, -0.1) is 11.6 Å². The van der Waals surface area contributed by atoms with Crippen LogP contribution < -0.4 is 14.2 Å². The van der Waals surface area contributed by atoms with Gasteiger partial charge >= 0.3 is 0 Å². The Kier molecular flexibility index (Phi) is 10.2. The van der Waals surface area contributed by atoms with Gasteiger partial charge in [0.05, 0.1) is 20.3 Å². The first-order chi connectivity index (χ1) is 13.3. The van der Waals surface area contributed by atoms with Gasteiger partial charge in [0, 0.05) is 22.7 Å². The second-order valence-corrected chi connectivity index (χ2v) is 7.19. The van der Waals surface area contributed by atoms with Crippen LogP contribution in [0.1, 0.15) is 58.3 Å².